The third-order valence-corrected chi connectivity index (χ3v) is 5.69. The maximum absolute atomic E-state index is 13.2. The van der Waals surface area contributed by atoms with Crippen LogP contribution in [0, 0.1) is 5.82 Å². The van der Waals surface area contributed by atoms with E-state index in [9.17, 15) is 14.0 Å². The fourth-order valence-corrected chi connectivity index (χ4v) is 3.92. The second-order valence-corrected chi connectivity index (χ2v) is 7.94. The number of nitrogens with zero attached hydrogens (tertiary/aromatic N) is 2. The predicted molar refractivity (Wildman–Crippen MR) is 118 cm³/mol. The van der Waals surface area contributed by atoms with Crippen LogP contribution < -0.4 is 5.73 Å². The Morgan fingerprint density at radius 1 is 1.03 bits per heavy atom. The molecule has 3 aromatic rings. The summed E-state index contributed by atoms with van der Waals surface area (Å²) in [5.41, 5.74) is 7.95. The number of pyridine rings is 1. The van der Waals surface area contributed by atoms with Gasteiger partial charge in [-0.3, -0.25) is 14.6 Å². The van der Waals surface area contributed by atoms with E-state index in [4.69, 9.17) is 10.5 Å². The molecule has 1 unspecified atom stereocenters. The number of benzene rings is 2. The molecule has 2 aromatic carbocycles. The molecule has 6 nitrogen and oxygen atoms in total. The Labute approximate surface area is 185 Å². The van der Waals surface area contributed by atoms with E-state index in [1.807, 2.05) is 30.3 Å². The third-order valence-electron chi connectivity index (χ3n) is 5.69. The monoisotopic (exact) mass is 433 g/mol. The minimum Gasteiger partial charge on any atom is -0.367 e. The number of morpholine rings is 1. The zero-order valence-electron chi connectivity index (χ0n) is 17.5. The molecule has 0 radical (unpaired) electrons. The molecule has 1 atom stereocenters. The number of carbonyl (C=O) groups excluding carboxylic acids is 2. The van der Waals surface area contributed by atoms with Crippen molar-refractivity contribution in [1.82, 2.24) is 9.88 Å². The summed E-state index contributed by atoms with van der Waals surface area (Å²) in [5.74, 6) is -0.983. The zero-order chi connectivity index (χ0) is 22.6. The van der Waals surface area contributed by atoms with E-state index in [0.717, 1.165) is 22.3 Å². The number of ether oxygens (including phenoxy) is 1. The predicted octanol–water partition coefficient (Wildman–Crippen LogP) is 2.76. The molecular weight excluding hydrogens is 409 g/mol. The van der Waals surface area contributed by atoms with Gasteiger partial charge in [-0.15, -0.1) is 0 Å². The molecule has 164 valence electrons. The standard InChI is InChI=1S/C25H24FN3O3/c26-22-9-7-21(8-10-22)20-5-3-18(4-6-20)15-25(24(27)31)17-29(12-13-32-25)23(30)14-19-2-1-11-28-16-19/h1-11,16H,12-15,17H2,(H2,27,31). The highest BCUT2D eigenvalue weighted by atomic mass is 19.1. The lowest BCUT2D eigenvalue weighted by molar-refractivity contribution is -0.163. The lowest BCUT2D eigenvalue weighted by Crippen LogP contribution is -2.61. The number of primary amides is 1. The number of halogens is 1. The average Bonchev–Trinajstić information content (AvgIpc) is 2.81. The Balaban J connectivity index is 1.49. The number of amides is 2. The van der Waals surface area contributed by atoms with Crippen LogP contribution in [-0.2, 0) is 27.2 Å². The molecule has 1 aromatic heterocycles. The fourth-order valence-electron chi connectivity index (χ4n) is 3.92. The highest BCUT2D eigenvalue weighted by Crippen LogP contribution is 2.26. The molecule has 32 heavy (non-hydrogen) atoms. The summed E-state index contributed by atoms with van der Waals surface area (Å²) >= 11 is 0. The molecule has 0 aliphatic carbocycles. The van der Waals surface area contributed by atoms with Crippen LogP contribution in [0.15, 0.2) is 73.1 Å². The van der Waals surface area contributed by atoms with Crippen LogP contribution in [0.4, 0.5) is 4.39 Å². The molecular formula is C25H24FN3O3. The smallest absolute Gasteiger partial charge is 0.251 e. The summed E-state index contributed by atoms with van der Waals surface area (Å²) in [4.78, 5) is 30.9. The number of rotatable bonds is 6. The van der Waals surface area contributed by atoms with E-state index < -0.39 is 11.5 Å². The van der Waals surface area contributed by atoms with Crippen molar-refractivity contribution in [3.8, 4) is 11.1 Å². The maximum atomic E-state index is 13.2. The van der Waals surface area contributed by atoms with E-state index in [1.165, 1.54) is 12.1 Å². The highest BCUT2D eigenvalue weighted by molar-refractivity contribution is 5.86. The molecule has 2 heterocycles. The minimum atomic E-state index is -1.29. The van der Waals surface area contributed by atoms with Crippen molar-refractivity contribution in [3.63, 3.8) is 0 Å². The van der Waals surface area contributed by atoms with Gasteiger partial charge in [-0.05, 0) is 40.5 Å². The molecule has 0 spiro atoms. The van der Waals surface area contributed by atoms with Gasteiger partial charge >= 0.3 is 0 Å². The highest BCUT2D eigenvalue weighted by Gasteiger charge is 2.43. The number of aromatic nitrogens is 1. The van der Waals surface area contributed by atoms with Crippen molar-refractivity contribution < 1.29 is 18.7 Å². The van der Waals surface area contributed by atoms with Gasteiger partial charge in [-0.2, -0.15) is 0 Å². The van der Waals surface area contributed by atoms with Gasteiger partial charge < -0.3 is 15.4 Å². The van der Waals surface area contributed by atoms with Crippen molar-refractivity contribution in [3.05, 3.63) is 90.0 Å². The molecule has 0 saturated carbocycles. The second-order valence-electron chi connectivity index (χ2n) is 7.94. The number of nitrogens with two attached hydrogens (primary N) is 1. The van der Waals surface area contributed by atoms with Gasteiger partial charge in [0.25, 0.3) is 5.91 Å². The zero-order valence-corrected chi connectivity index (χ0v) is 17.5. The van der Waals surface area contributed by atoms with Crippen molar-refractivity contribution in [2.75, 3.05) is 19.7 Å². The second kappa shape index (κ2) is 9.28. The molecule has 1 saturated heterocycles. The summed E-state index contributed by atoms with van der Waals surface area (Å²) in [6.45, 7) is 0.730. The number of hydrogen-bond donors (Lipinski definition) is 1. The number of hydrogen-bond acceptors (Lipinski definition) is 4. The summed E-state index contributed by atoms with van der Waals surface area (Å²) < 4.78 is 19.0. The first-order valence-electron chi connectivity index (χ1n) is 10.4. The first-order valence-corrected chi connectivity index (χ1v) is 10.4. The van der Waals surface area contributed by atoms with Gasteiger partial charge in [0, 0.05) is 25.4 Å². The Morgan fingerprint density at radius 2 is 1.72 bits per heavy atom. The molecule has 2 amide bonds. The first-order chi connectivity index (χ1) is 15.4. The molecule has 4 rings (SSSR count). The van der Waals surface area contributed by atoms with E-state index in [2.05, 4.69) is 4.98 Å². The van der Waals surface area contributed by atoms with E-state index >= 15 is 0 Å². The van der Waals surface area contributed by atoms with E-state index in [0.29, 0.717) is 6.54 Å². The molecule has 7 heteroatoms. The van der Waals surface area contributed by atoms with Gasteiger partial charge in [0.2, 0.25) is 5.91 Å². The van der Waals surface area contributed by atoms with Gasteiger partial charge in [-0.1, -0.05) is 42.5 Å². The van der Waals surface area contributed by atoms with Crippen molar-refractivity contribution in [2.45, 2.75) is 18.4 Å². The van der Waals surface area contributed by atoms with Gasteiger partial charge in [0.05, 0.1) is 19.6 Å². The summed E-state index contributed by atoms with van der Waals surface area (Å²) in [6, 6.07) is 17.5. The topological polar surface area (TPSA) is 85.5 Å². The third kappa shape index (κ3) is 4.84. The van der Waals surface area contributed by atoms with Crippen LogP contribution >= 0.6 is 0 Å². The first kappa shape index (κ1) is 21.6. The molecule has 2 N–H and O–H groups in total. The Bertz CT molecular complexity index is 1090. The molecule has 1 fully saturated rings. The summed E-state index contributed by atoms with van der Waals surface area (Å²) in [5, 5.41) is 0. The Morgan fingerprint density at radius 3 is 2.34 bits per heavy atom. The van der Waals surface area contributed by atoms with Crippen LogP contribution in [0.2, 0.25) is 0 Å². The molecule has 0 bridgehead atoms. The largest absolute Gasteiger partial charge is 0.367 e. The van der Waals surface area contributed by atoms with Crippen molar-refractivity contribution >= 4 is 11.8 Å². The van der Waals surface area contributed by atoms with Crippen LogP contribution in [0.1, 0.15) is 11.1 Å². The van der Waals surface area contributed by atoms with Crippen molar-refractivity contribution in [2.24, 2.45) is 5.73 Å². The van der Waals surface area contributed by atoms with Crippen LogP contribution in [0.25, 0.3) is 11.1 Å². The lowest BCUT2D eigenvalue weighted by Gasteiger charge is -2.40. The van der Waals surface area contributed by atoms with Crippen molar-refractivity contribution in [1.29, 1.82) is 0 Å². The molecule has 1 aliphatic heterocycles. The minimum absolute atomic E-state index is 0.0984. The van der Waals surface area contributed by atoms with Crippen LogP contribution in [0.3, 0.4) is 0 Å². The van der Waals surface area contributed by atoms with Crippen LogP contribution in [-0.4, -0.2) is 47.0 Å². The average molecular weight is 433 g/mol. The quantitative estimate of drug-likeness (QED) is 0.648. The van der Waals surface area contributed by atoms with Gasteiger partial charge in [-0.25, -0.2) is 4.39 Å². The SMILES string of the molecule is NC(=O)C1(Cc2ccc(-c3ccc(F)cc3)cc2)CN(C(=O)Cc2cccnc2)CCO1. The summed E-state index contributed by atoms with van der Waals surface area (Å²) in [6.07, 6.45) is 3.77. The van der Waals surface area contributed by atoms with Crippen LogP contribution in [0.5, 0.6) is 0 Å². The summed E-state index contributed by atoms with van der Waals surface area (Å²) in [7, 11) is 0. The lowest BCUT2D eigenvalue weighted by atomic mass is 9.90. The number of carbonyl (C=O) groups is 2. The maximum Gasteiger partial charge on any atom is 0.251 e. The molecule has 1 aliphatic rings. The van der Waals surface area contributed by atoms with E-state index in [1.54, 1.807) is 35.5 Å². The Kier molecular flexibility index (Phi) is 6.28. The normalized spacial score (nSPS) is 18.3. The van der Waals surface area contributed by atoms with Gasteiger partial charge in [0.15, 0.2) is 5.60 Å². The fraction of sp³-hybridized carbons (Fsp3) is 0.240. The van der Waals surface area contributed by atoms with E-state index in [-0.39, 0.29) is 37.7 Å². The van der Waals surface area contributed by atoms with Gasteiger partial charge in [0.1, 0.15) is 5.82 Å². The Hall–Kier alpha value is -3.58.